The third-order valence-corrected chi connectivity index (χ3v) is 5.00. The highest BCUT2D eigenvalue weighted by Crippen LogP contribution is 2.36. The number of hydrogen-bond donors (Lipinski definition) is 1. The average molecular weight is 238 g/mol. The molecule has 2 rings (SSSR count). The van der Waals surface area contributed by atoms with E-state index in [0.29, 0.717) is 6.04 Å². The van der Waals surface area contributed by atoms with Gasteiger partial charge in [-0.15, -0.1) is 0 Å². The van der Waals surface area contributed by atoms with Crippen LogP contribution in [0.1, 0.15) is 58.3 Å². The molecule has 1 saturated carbocycles. The van der Waals surface area contributed by atoms with E-state index in [9.17, 15) is 0 Å². The first-order valence-corrected chi connectivity index (χ1v) is 7.79. The van der Waals surface area contributed by atoms with Gasteiger partial charge in [0, 0.05) is 19.1 Å². The molecule has 3 unspecified atom stereocenters. The summed E-state index contributed by atoms with van der Waals surface area (Å²) in [6.07, 6.45) is 11.3. The lowest BCUT2D eigenvalue weighted by Crippen LogP contribution is -2.49. The molecule has 2 heteroatoms. The summed E-state index contributed by atoms with van der Waals surface area (Å²) in [6, 6.07) is 0.665. The highest BCUT2D eigenvalue weighted by Gasteiger charge is 2.33. The van der Waals surface area contributed by atoms with Crippen molar-refractivity contribution in [1.82, 2.24) is 4.90 Å². The smallest absolute Gasteiger partial charge is 0.0218 e. The van der Waals surface area contributed by atoms with E-state index >= 15 is 0 Å². The van der Waals surface area contributed by atoms with E-state index < -0.39 is 0 Å². The Morgan fingerprint density at radius 1 is 1.18 bits per heavy atom. The summed E-state index contributed by atoms with van der Waals surface area (Å²) < 4.78 is 0. The third kappa shape index (κ3) is 3.45. The minimum atomic E-state index is 0.665. The highest BCUT2D eigenvalue weighted by atomic mass is 15.2. The molecule has 1 aliphatic heterocycles. The van der Waals surface area contributed by atoms with Crippen LogP contribution in [-0.2, 0) is 0 Å². The number of piperidine rings is 1. The van der Waals surface area contributed by atoms with Gasteiger partial charge in [-0.1, -0.05) is 39.0 Å². The van der Waals surface area contributed by atoms with Gasteiger partial charge in [0.1, 0.15) is 0 Å². The highest BCUT2D eigenvalue weighted by molar-refractivity contribution is 4.86. The van der Waals surface area contributed by atoms with Gasteiger partial charge in [-0.2, -0.15) is 0 Å². The van der Waals surface area contributed by atoms with Gasteiger partial charge in [0.15, 0.2) is 0 Å². The van der Waals surface area contributed by atoms with Crippen molar-refractivity contribution in [2.45, 2.75) is 64.3 Å². The minimum absolute atomic E-state index is 0.665. The van der Waals surface area contributed by atoms with Gasteiger partial charge >= 0.3 is 0 Å². The fourth-order valence-corrected chi connectivity index (χ4v) is 3.85. The lowest BCUT2D eigenvalue weighted by atomic mass is 9.75. The second-order valence-electron chi connectivity index (χ2n) is 6.12. The monoisotopic (exact) mass is 238 g/mol. The summed E-state index contributed by atoms with van der Waals surface area (Å²) in [4.78, 5) is 2.71. The normalized spacial score (nSPS) is 32.1. The number of unbranched alkanes of at least 4 members (excludes halogenated alkanes) is 1. The molecule has 3 atom stereocenters. The van der Waals surface area contributed by atoms with Crippen LogP contribution < -0.4 is 5.73 Å². The molecule has 0 aromatic heterocycles. The molecule has 2 fully saturated rings. The molecule has 0 spiro atoms. The lowest BCUT2D eigenvalue weighted by Gasteiger charge is -2.44. The topological polar surface area (TPSA) is 29.3 Å². The number of rotatable bonds is 5. The predicted molar refractivity (Wildman–Crippen MR) is 74.0 cm³/mol. The summed E-state index contributed by atoms with van der Waals surface area (Å²) in [5.74, 6) is 2.04. The van der Waals surface area contributed by atoms with Crippen LogP contribution in [0.4, 0.5) is 0 Å². The standard InChI is InChI=1S/C15H30N2/c1-2-3-8-15(11-16)17-10-9-13-6-4-5-7-14(13)12-17/h13-15H,2-12,16H2,1H3. The molecule has 17 heavy (non-hydrogen) atoms. The number of fused-ring (bicyclic) bond motifs is 1. The van der Waals surface area contributed by atoms with Gasteiger partial charge in [-0.05, 0) is 37.6 Å². The van der Waals surface area contributed by atoms with Gasteiger partial charge in [0.05, 0.1) is 0 Å². The Morgan fingerprint density at radius 2 is 1.94 bits per heavy atom. The second kappa shape index (κ2) is 6.75. The van der Waals surface area contributed by atoms with E-state index in [4.69, 9.17) is 5.73 Å². The van der Waals surface area contributed by atoms with E-state index in [2.05, 4.69) is 11.8 Å². The van der Waals surface area contributed by atoms with E-state index in [1.807, 2.05) is 0 Å². The van der Waals surface area contributed by atoms with E-state index in [0.717, 1.165) is 18.4 Å². The molecule has 2 N–H and O–H groups in total. The van der Waals surface area contributed by atoms with Crippen LogP contribution in [0.25, 0.3) is 0 Å². The zero-order chi connectivity index (χ0) is 12.1. The molecular formula is C15H30N2. The SMILES string of the molecule is CCCCC(CN)N1CCC2CCCCC2C1. The molecule has 2 aliphatic rings. The Bertz CT molecular complexity index is 217. The Balaban J connectivity index is 1.84. The molecule has 1 heterocycles. The summed E-state index contributed by atoms with van der Waals surface area (Å²) in [5.41, 5.74) is 5.97. The molecule has 0 bridgehead atoms. The fraction of sp³-hybridized carbons (Fsp3) is 1.00. The molecular weight excluding hydrogens is 208 g/mol. The first-order valence-electron chi connectivity index (χ1n) is 7.79. The van der Waals surface area contributed by atoms with E-state index in [1.54, 1.807) is 0 Å². The zero-order valence-electron chi connectivity index (χ0n) is 11.5. The first-order chi connectivity index (χ1) is 8.35. The quantitative estimate of drug-likeness (QED) is 0.798. The molecule has 2 nitrogen and oxygen atoms in total. The zero-order valence-corrected chi connectivity index (χ0v) is 11.5. The van der Waals surface area contributed by atoms with Crippen molar-refractivity contribution in [3.63, 3.8) is 0 Å². The van der Waals surface area contributed by atoms with Gasteiger partial charge in [0.25, 0.3) is 0 Å². The molecule has 0 amide bonds. The van der Waals surface area contributed by atoms with Crippen molar-refractivity contribution in [1.29, 1.82) is 0 Å². The number of nitrogens with zero attached hydrogens (tertiary/aromatic N) is 1. The molecule has 0 radical (unpaired) electrons. The number of hydrogen-bond acceptors (Lipinski definition) is 2. The average Bonchev–Trinajstić information content (AvgIpc) is 2.39. The summed E-state index contributed by atoms with van der Waals surface area (Å²) in [7, 11) is 0. The first kappa shape index (κ1) is 13.4. The Labute approximate surface area is 107 Å². The van der Waals surface area contributed by atoms with Crippen LogP contribution in [0.3, 0.4) is 0 Å². The molecule has 1 saturated heterocycles. The van der Waals surface area contributed by atoms with Crippen molar-refractivity contribution < 1.29 is 0 Å². The third-order valence-electron chi connectivity index (χ3n) is 5.00. The lowest BCUT2D eigenvalue weighted by molar-refractivity contribution is 0.0556. The number of nitrogens with two attached hydrogens (primary N) is 1. The van der Waals surface area contributed by atoms with Gasteiger partial charge in [-0.3, -0.25) is 4.90 Å². The summed E-state index contributed by atoms with van der Waals surface area (Å²) >= 11 is 0. The number of likely N-dealkylation sites (tertiary alicyclic amines) is 1. The maximum atomic E-state index is 5.97. The Hall–Kier alpha value is -0.0800. The summed E-state index contributed by atoms with van der Waals surface area (Å²) in [5, 5.41) is 0. The molecule has 100 valence electrons. The maximum absolute atomic E-state index is 5.97. The molecule has 0 aromatic rings. The summed E-state index contributed by atoms with van der Waals surface area (Å²) in [6.45, 7) is 5.79. The van der Waals surface area contributed by atoms with Crippen molar-refractivity contribution in [3.8, 4) is 0 Å². The fourth-order valence-electron chi connectivity index (χ4n) is 3.85. The predicted octanol–water partition coefficient (Wildman–Crippen LogP) is 3.02. The largest absolute Gasteiger partial charge is 0.329 e. The van der Waals surface area contributed by atoms with Gasteiger partial charge in [0.2, 0.25) is 0 Å². The minimum Gasteiger partial charge on any atom is -0.329 e. The van der Waals surface area contributed by atoms with Crippen LogP contribution in [0.15, 0.2) is 0 Å². The van der Waals surface area contributed by atoms with Gasteiger partial charge in [-0.25, -0.2) is 0 Å². The van der Waals surface area contributed by atoms with E-state index in [-0.39, 0.29) is 0 Å². The van der Waals surface area contributed by atoms with Crippen molar-refractivity contribution in [2.24, 2.45) is 17.6 Å². The second-order valence-corrected chi connectivity index (χ2v) is 6.12. The van der Waals surface area contributed by atoms with Crippen LogP contribution >= 0.6 is 0 Å². The van der Waals surface area contributed by atoms with Crippen LogP contribution in [0, 0.1) is 11.8 Å². The molecule has 0 aromatic carbocycles. The molecule has 1 aliphatic carbocycles. The van der Waals surface area contributed by atoms with Gasteiger partial charge < -0.3 is 5.73 Å². The van der Waals surface area contributed by atoms with Crippen molar-refractivity contribution in [2.75, 3.05) is 19.6 Å². The Morgan fingerprint density at radius 3 is 2.65 bits per heavy atom. The van der Waals surface area contributed by atoms with Crippen LogP contribution in [0.2, 0.25) is 0 Å². The maximum Gasteiger partial charge on any atom is 0.0218 e. The van der Waals surface area contributed by atoms with Crippen molar-refractivity contribution >= 4 is 0 Å². The van der Waals surface area contributed by atoms with Crippen LogP contribution in [-0.4, -0.2) is 30.6 Å². The van der Waals surface area contributed by atoms with E-state index in [1.165, 1.54) is 64.5 Å². The van der Waals surface area contributed by atoms with Crippen molar-refractivity contribution in [3.05, 3.63) is 0 Å². The Kier molecular flexibility index (Phi) is 5.30. The van der Waals surface area contributed by atoms with Crippen LogP contribution in [0.5, 0.6) is 0 Å².